The Balaban J connectivity index is 1.35. The fraction of sp³-hybridized carbons (Fsp3) is 0.500. The zero-order valence-corrected chi connectivity index (χ0v) is 14.0. The van der Waals surface area contributed by atoms with Gasteiger partial charge in [0.2, 0.25) is 0 Å². The molecule has 0 bridgehead atoms. The molecule has 4 heterocycles. The van der Waals surface area contributed by atoms with E-state index >= 15 is 0 Å². The summed E-state index contributed by atoms with van der Waals surface area (Å²) in [4.78, 5) is 8.05. The minimum Gasteiger partial charge on any atom is -0.380 e. The Kier molecular flexibility index (Phi) is 4.44. The molecule has 23 heavy (non-hydrogen) atoms. The fourth-order valence-corrected chi connectivity index (χ4v) is 4.49. The number of pyridine rings is 1. The molecule has 2 aliphatic rings. The number of likely N-dealkylation sites (tertiary alicyclic amines) is 1. The second kappa shape index (κ2) is 6.69. The molecule has 2 aromatic heterocycles. The normalized spacial score (nSPS) is 27.4. The van der Waals surface area contributed by atoms with E-state index in [1.807, 2.05) is 35.9 Å². The first-order valence-corrected chi connectivity index (χ1v) is 9.01. The van der Waals surface area contributed by atoms with Crippen molar-refractivity contribution in [3.8, 4) is 0 Å². The molecule has 4 nitrogen and oxygen atoms in total. The zero-order valence-electron chi connectivity index (χ0n) is 13.2. The molecule has 2 fully saturated rings. The number of hydrogen-bond acceptors (Lipinski definition) is 5. The first kappa shape index (κ1) is 15.3. The summed E-state index contributed by atoms with van der Waals surface area (Å²) in [6.45, 7) is 6.39. The lowest BCUT2D eigenvalue weighted by molar-refractivity contribution is 0.0183. The van der Waals surface area contributed by atoms with Crippen LogP contribution < -0.4 is 0 Å². The van der Waals surface area contributed by atoms with Crippen LogP contribution in [0.15, 0.2) is 42.0 Å². The molecule has 2 saturated heterocycles. The van der Waals surface area contributed by atoms with E-state index in [9.17, 15) is 0 Å². The third-order valence-electron chi connectivity index (χ3n) is 4.96. The maximum absolute atomic E-state index is 6.06. The van der Waals surface area contributed by atoms with E-state index in [-0.39, 0.29) is 5.41 Å². The van der Waals surface area contributed by atoms with Gasteiger partial charge in [0.15, 0.2) is 0 Å². The third kappa shape index (κ3) is 3.33. The SMILES string of the molecule is c1csc(CN2C[C@@H]3COC[C@]3(COCc3ccncc3)C2)c1. The lowest BCUT2D eigenvalue weighted by atomic mass is 9.82. The van der Waals surface area contributed by atoms with Gasteiger partial charge in [-0.05, 0) is 29.1 Å². The molecule has 0 aliphatic carbocycles. The Morgan fingerprint density at radius 1 is 1.35 bits per heavy atom. The zero-order chi connectivity index (χ0) is 15.5. The van der Waals surface area contributed by atoms with E-state index in [0.717, 1.165) is 39.5 Å². The summed E-state index contributed by atoms with van der Waals surface area (Å²) < 4.78 is 11.8. The van der Waals surface area contributed by atoms with Crippen LogP contribution in [0.5, 0.6) is 0 Å². The summed E-state index contributed by atoms with van der Waals surface area (Å²) >= 11 is 1.84. The summed E-state index contributed by atoms with van der Waals surface area (Å²) in [5, 5.41) is 2.16. The Labute approximate surface area is 141 Å². The first-order chi connectivity index (χ1) is 11.3. The fourth-order valence-electron chi connectivity index (χ4n) is 3.74. The highest BCUT2D eigenvalue weighted by Gasteiger charge is 2.50. The van der Waals surface area contributed by atoms with Gasteiger partial charge in [-0.3, -0.25) is 9.88 Å². The van der Waals surface area contributed by atoms with E-state index in [4.69, 9.17) is 9.47 Å². The average Bonchev–Trinajstić information content (AvgIpc) is 3.25. The molecule has 2 aliphatic heterocycles. The van der Waals surface area contributed by atoms with Crippen molar-refractivity contribution in [1.82, 2.24) is 9.88 Å². The summed E-state index contributed by atoms with van der Waals surface area (Å²) in [5.41, 5.74) is 1.35. The monoisotopic (exact) mass is 330 g/mol. The predicted octanol–water partition coefficient (Wildman–Crippen LogP) is 2.81. The Bertz CT molecular complexity index is 619. The number of hydrogen-bond donors (Lipinski definition) is 0. The number of thiophene rings is 1. The van der Waals surface area contributed by atoms with Crippen LogP contribution in [0.3, 0.4) is 0 Å². The number of rotatable bonds is 6. The van der Waals surface area contributed by atoms with Crippen LogP contribution in [0.1, 0.15) is 10.4 Å². The topological polar surface area (TPSA) is 34.6 Å². The molecule has 0 saturated carbocycles. The van der Waals surface area contributed by atoms with Gasteiger partial charge in [0.05, 0.1) is 26.4 Å². The Morgan fingerprint density at radius 3 is 3.09 bits per heavy atom. The van der Waals surface area contributed by atoms with E-state index in [2.05, 4.69) is 27.4 Å². The van der Waals surface area contributed by atoms with Crippen LogP contribution in [-0.4, -0.2) is 42.8 Å². The summed E-state index contributed by atoms with van der Waals surface area (Å²) in [7, 11) is 0. The number of fused-ring (bicyclic) bond motifs is 1. The third-order valence-corrected chi connectivity index (χ3v) is 5.82. The number of ether oxygens (including phenoxy) is 2. The van der Waals surface area contributed by atoms with Crippen molar-refractivity contribution in [1.29, 1.82) is 0 Å². The van der Waals surface area contributed by atoms with Gasteiger partial charge in [0, 0.05) is 48.2 Å². The second-order valence-electron chi connectivity index (χ2n) is 6.67. The summed E-state index contributed by atoms with van der Waals surface area (Å²) in [6.07, 6.45) is 3.63. The van der Waals surface area contributed by atoms with Crippen LogP contribution in [0, 0.1) is 11.3 Å². The minimum absolute atomic E-state index is 0.171. The van der Waals surface area contributed by atoms with E-state index in [1.54, 1.807) is 0 Å². The van der Waals surface area contributed by atoms with Gasteiger partial charge in [-0.25, -0.2) is 0 Å². The molecule has 4 rings (SSSR count). The van der Waals surface area contributed by atoms with Crippen LogP contribution in [0.2, 0.25) is 0 Å². The largest absolute Gasteiger partial charge is 0.380 e. The molecule has 0 radical (unpaired) electrons. The Morgan fingerprint density at radius 2 is 2.26 bits per heavy atom. The minimum atomic E-state index is 0.171. The maximum atomic E-state index is 6.06. The van der Waals surface area contributed by atoms with Crippen molar-refractivity contribution < 1.29 is 9.47 Å². The van der Waals surface area contributed by atoms with Crippen LogP contribution in [0.25, 0.3) is 0 Å². The highest BCUT2D eigenvalue weighted by atomic mass is 32.1. The highest BCUT2D eigenvalue weighted by molar-refractivity contribution is 7.09. The summed E-state index contributed by atoms with van der Waals surface area (Å²) in [6, 6.07) is 8.38. The lowest BCUT2D eigenvalue weighted by Crippen LogP contribution is -2.35. The van der Waals surface area contributed by atoms with Gasteiger partial charge < -0.3 is 9.47 Å². The molecule has 122 valence electrons. The molecule has 0 amide bonds. The van der Waals surface area contributed by atoms with Crippen molar-refractivity contribution in [3.05, 3.63) is 52.5 Å². The first-order valence-electron chi connectivity index (χ1n) is 8.13. The molecule has 2 aromatic rings. The van der Waals surface area contributed by atoms with Crippen LogP contribution in [0.4, 0.5) is 0 Å². The van der Waals surface area contributed by atoms with Gasteiger partial charge in [-0.15, -0.1) is 11.3 Å². The molecular formula is C18H22N2O2S. The quantitative estimate of drug-likeness (QED) is 0.816. The molecule has 5 heteroatoms. The van der Waals surface area contributed by atoms with Crippen molar-refractivity contribution in [3.63, 3.8) is 0 Å². The number of aromatic nitrogens is 1. The van der Waals surface area contributed by atoms with Crippen LogP contribution in [-0.2, 0) is 22.6 Å². The Hall–Kier alpha value is -1.27. The van der Waals surface area contributed by atoms with Crippen molar-refractivity contribution in [2.24, 2.45) is 11.3 Å². The molecule has 0 spiro atoms. The van der Waals surface area contributed by atoms with E-state index in [0.29, 0.717) is 12.5 Å². The van der Waals surface area contributed by atoms with Gasteiger partial charge in [0.1, 0.15) is 0 Å². The van der Waals surface area contributed by atoms with E-state index < -0.39 is 0 Å². The standard InChI is InChI=1S/C18H22N2O2S/c1-2-17(23-7-1)9-20-8-16-11-22-14-18(16,12-20)13-21-10-15-3-5-19-6-4-15/h1-7,16H,8-14H2/t16-,18-/m1/s1. The van der Waals surface area contributed by atoms with Gasteiger partial charge in [-0.1, -0.05) is 6.07 Å². The van der Waals surface area contributed by atoms with Crippen molar-refractivity contribution in [2.75, 3.05) is 32.9 Å². The molecule has 2 atom stereocenters. The van der Waals surface area contributed by atoms with Gasteiger partial charge >= 0.3 is 0 Å². The predicted molar refractivity (Wildman–Crippen MR) is 90.2 cm³/mol. The van der Waals surface area contributed by atoms with Crippen LogP contribution >= 0.6 is 11.3 Å². The lowest BCUT2D eigenvalue weighted by Gasteiger charge is -2.27. The van der Waals surface area contributed by atoms with E-state index in [1.165, 1.54) is 10.4 Å². The van der Waals surface area contributed by atoms with Gasteiger partial charge in [-0.2, -0.15) is 0 Å². The molecule has 0 aromatic carbocycles. The maximum Gasteiger partial charge on any atom is 0.0718 e. The van der Waals surface area contributed by atoms with Crippen molar-refractivity contribution >= 4 is 11.3 Å². The smallest absolute Gasteiger partial charge is 0.0718 e. The average molecular weight is 330 g/mol. The summed E-state index contributed by atoms with van der Waals surface area (Å²) in [5.74, 6) is 0.597. The van der Waals surface area contributed by atoms with Crippen molar-refractivity contribution in [2.45, 2.75) is 13.2 Å². The van der Waals surface area contributed by atoms with Gasteiger partial charge in [0.25, 0.3) is 0 Å². The molecule has 0 N–H and O–H groups in total. The highest BCUT2D eigenvalue weighted by Crippen LogP contribution is 2.42. The number of nitrogens with zero attached hydrogens (tertiary/aromatic N) is 2. The molecular weight excluding hydrogens is 308 g/mol. The molecule has 0 unspecified atom stereocenters. The second-order valence-corrected chi connectivity index (χ2v) is 7.70.